The van der Waals surface area contributed by atoms with Gasteiger partial charge in [0.2, 0.25) is 5.13 Å². The van der Waals surface area contributed by atoms with E-state index in [0.717, 1.165) is 33.2 Å². The van der Waals surface area contributed by atoms with Gasteiger partial charge < -0.3 is 5.32 Å². The molecule has 90 valence electrons. The van der Waals surface area contributed by atoms with Crippen LogP contribution < -0.4 is 5.32 Å². The highest BCUT2D eigenvalue weighted by Gasteiger charge is 2.09. The molecule has 3 aromatic rings. The molecule has 0 saturated carbocycles. The first kappa shape index (κ1) is 11.1. The molecule has 3 rings (SSSR count). The first-order chi connectivity index (χ1) is 8.88. The van der Waals surface area contributed by atoms with E-state index in [9.17, 15) is 0 Å². The Bertz CT molecular complexity index is 672. The summed E-state index contributed by atoms with van der Waals surface area (Å²) in [5.41, 5.74) is 2.07. The van der Waals surface area contributed by atoms with Gasteiger partial charge in [0.05, 0.1) is 5.52 Å². The SMILES string of the molecule is CCNc1nnc(-c2cccc3ncccc23)s1. The third kappa shape index (κ3) is 1.93. The minimum absolute atomic E-state index is 0.853. The van der Waals surface area contributed by atoms with Crippen molar-refractivity contribution in [2.75, 3.05) is 11.9 Å². The number of nitrogens with one attached hydrogen (secondary N) is 1. The van der Waals surface area contributed by atoms with Gasteiger partial charge in [0.1, 0.15) is 5.01 Å². The maximum absolute atomic E-state index is 4.35. The molecule has 0 unspecified atom stereocenters. The van der Waals surface area contributed by atoms with E-state index >= 15 is 0 Å². The van der Waals surface area contributed by atoms with Crippen LogP contribution >= 0.6 is 11.3 Å². The van der Waals surface area contributed by atoms with Crippen molar-refractivity contribution in [3.63, 3.8) is 0 Å². The molecule has 4 nitrogen and oxygen atoms in total. The minimum Gasteiger partial charge on any atom is -0.360 e. The van der Waals surface area contributed by atoms with Crippen LogP contribution in [-0.4, -0.2) is 21.7 Å². The van der Waals surface area contributed by atoms with E-state index in [0.29, 0.717) is 0 Å². The van der Waals surface area contributed by atoms with Crippen molar-refractivity contribution >= 4 is 27.4 Å². The standard InChI is InChI=1S/C13H12N4S/c1-2-14-13-17-16-12(18-13)10-5-3-7-11-9(10)6-4-8-15-11/h3-8H,2H2,1H3,(H,14,17). The van der Waals surface area contributed by atoms with Gasteiger partial charge in [-0.05, 0) is 19.1 Å². The molecule has 2 heterocycles. The lowest BCUT2D eigenvalue weighted by atomic mass is 10.1. The average Bonchev–Trinajstić information content (AvgIpc) is 2.87. The molecule has 2 aromatic heterocycles. The monoisotopic (exact) mass is 256 g/mol. The molecule has 0 radical (unpaired) electrons. The number of rotatable bonds is 3. The summed E-state index contributed by atoms with van der Waals surface area (Å²) in [5, 5.41) is 14.4. The van der Waals surface area contributed by atoms with Crippen molar-refractivity contribution in [2.24, 2.45) is 0 Å². The van der Waals surface area contributed by atoms with Crippen LogP contribution in [0.5, 0.6) is 0 Å². The molecule has 0 aliphatic carbocycles. The van der Waals surface area contributed by atoms with Gasteiger partial charge in [-0.3, -0.25) is 4.98 Å². The summed E-state index contributed by atoms with van der Waals surface area (Å²) < 4.78 is 0. The largest absolute Gasteiger partial charge is 0.360 e. The zero-order valence-electron chi connectivity index (χ0n) is 9.92. The van der Waals surface area contributed by atoms with Gasteiger partial charge in [-0.1, -0.05) is 29.5 Å². The van der Waals surface area contributed by atoms with Gasteiger partial charge in [-0.15, -0.1) is 10.2 Å². The lowest BCUT2D eigenvalue weighted by Gasteiger charge is -2.01. The van der Waals surface area contributed by atoms with Crippen LogP contribution in [0.3, 0.4) is 0 Å². The van der Waals surface area contributed by atoms with Gasteiger partial charge in [-0.25, -0.2) is 0 Å². The van der Waals surface area contributed by atoms with Crippen LogP contribution in [0.15, 0.2) is 36.5 Å². The number of anilines is 1. The second-order valence-corrected chi connectivity index (χ2v) is 4.80. The van der Waals surface area contributed by atoms with Crippen molar-refractivity contribution < 1.29 is 0 Å². The fourth-order valence-electron chi connectivity index (χ4n) is 1.84. The third-order valence-electron chi connectivity index (χ3n) is 2.63. The van der Waals surface area contributed by atoms with Crippen molar-refractivity contribution in [3.05, 3.63) is 36.5 Å². The molecular weight excluding hydrogens is 244 g/mol. The summed E-state index contributed by atoms with van der Waals surface area (Å²) in [6.45, 7) is 2.90. The molecule has 0 aliphatic heterocycles. The van der Waals surface area contributed by atoms with Gasteiger partial charge in [0.25, 0.3) is 0 Å². The first-order valence-corrected chi connectivity index (χ1v) is 6.61. The van der Waals surface area contributed by atoms with E-state index < -0.39 is 0 Å². The zero-order chi connectivity index (χ0) is 12.4. The topological polar surface area (TPSA) is 50.7 Å². The molecule has 5 heteroatoms. The number of aromatic nitrogens is 3. The highest BCUT2D eigenvalue weighted by molar-refractivity contribution is 7.18. The quantitative estimate of drug-likeness (QED) is 0.782. The molecule has 0 fully saturated rings. The van der Waals surface area contributed by atoms with Gasteiger partial charge >= 0.3 is 0 Å². The number of fused-ring (bicyclic) bond motifs is 1. The summed E-state index contributed by atoms with van der Waals surface area (Å²) in [7, 11) is 0. The van der Waals surface area contributed by atoms with E-state index in [1.807, 2.05) is 25.1 Å². The zero-order valence-corrected chi connectivity index (χ0v) is 10.7. The number of nitrogens with zero attached hydrogens (tertiary/aromatic N) is 3. The van der Waals surface area contributed by atoms with Crippen molar-refractivity contribution in [2.45, 2.75) is 6.92 Å². The molecule has 1 aromatic carbocycles. The van der Waals surface area contributed by atoms with Crippen LogP contribution in [0.1, 0.15) is 6.92 Å². The normalized spacial score (nSPS) is 10.7. The summed E-state index contributed by atoms with van der Waals surface area (Å²) in [4.78, 5) is 4.35. The Morgan fingerprint density at radius 1 is 1.17 bits per heavy atom. The Hall–Kier alpha value is -2.01. The number of hydrogen-bond donors (Lipinski definition) is 1. The Morgan fingerprint density at radius 2 is 2.11 bits per heavy atom. The molecule has 0 bridgehead atoms. The van der Waals surface area contributed by atoms with E-state index in [2.05, 4.69) is 32.6 Å². The molecule has 0 atom stereocenters. The second-order valence-electron chi connectivity index (χ2n) is 3.82. The molecule has 0 amide bonds. The van der Waals surface area contributed by atoms with E-state index in [1.165, 1.54) is 0 Å². The molecular formula is C13H12N4S. The molecule has 0 saturated heterocycles. The van der Waals surface area contributed by atoms with Crippen molar-refractivity contribution in [1.82, 2.24) is 15.2 Å². The average molecular weight is 256 g/mol. The lowest BCUT2D eigenvalue weighted by molar-refractivity contribution is 1.07. The number of benzene rings is 1. The fourth-order valence-corrected chi connectivity index (χ4v) is 2.70. The van der Waals surface area contributed by atoms with E-state index in [1.54, 1.807) is 17.5 Å². The lowest BCUT2D eigenvalue weighted by Crippen LogP contribution is -1.94. The van der Waals surface area contributed by atoms with Crippen molar-refractivity contribution in [3.8, 4) is 10.6 Å². The highest BCUT2D eigenvalue weighted by Crippen LogP contribution is 2.31. The molecule has 0 aliphatic rings. The Morgan fingerprint density at radius 3 is 3.00 bits per heavy atom. The summed E-state index contributed by atoms with van der Waals surface area (Å²) in [5.74, 6) is 0. The van der Waals surface area contributed by atoms with Crippen LogP contribution in [0.25, 0.3) is 21.5 Å². The second kappa shape index (κ2) is 4.70. The number of hydrogen-bond acceptors (Lipinski definition) is 5. The van der Waals surface area contributed by atoms with Gasteiger partial charge in [-0.2, -0.15) is 0 Å². The molecule has 0 spiro atoms. The Balaban J connectivity index is 2.12. The summed E-state index contributed by atoms with van der Waals surface area (Å²) in [6.07, 6.45) is 1.80. The minimum atomic E-state index is 0.853. The molecule has 1 N–H and O–H groups in total. The van der Waals surface area contributed by atoms with Gasteiger partial charge in [0, 0.05) is 23.7 Å². The highest BCUT2D eigenvalue weighted by atomic mass is 32.1. The maximum atomic E-state index is 4.35. The fraction of sp³-hybridized carbons (Fsp3) is 0.154. The van der Waals surface area contributed by atoms with Crippen LogP contribution in [0.2, 0.25) is 0 Å². The van der Waals surface area contributed by atoms with Crippen LogP contribution in [0.4, 0.5) is 5.13 Å². The Labute approximate surface area is 109 Å². The number of pyridine rings is 1. The predicted octanol–water partition coefficient (Wildman–Crippen LogP) is 3.19. The predicted molar refractivity (Wildman–Crippen MR) is 74.8 cm³/mol. The third-order valence-corrected chi connectivity index (χ3v) is 3.54. The maximum Gasteiger partial charge on any atom is 0.205 e. The summed E-state index contributed by atoms with van der Waals surface area (Å²) in [6, 6.07) is 10.1. The van der Waals surface area contributed by atoms with Crippen molar-refractivity contribution in [1.29, 1.82) is 0 Å². The smallest absolute Gasteiger partial charge is 0.205 e. The molecule has 18 heavy (non-hydrogen) atoms. The Kier molecular flexibility index (Phi) is 2.90. The first-order valence-electron chi connectivity index (χ1n) is 5.80. The van der Waals surface area contributed by atoms with E-state index in [4.69, 9.17) is 0 Å². The van der Waals surface area contributed by atoms with Crippen LogP contribution in [0, 0.1) is 0 Å². The summed E-state index contributed by atoms with van der Waals surface area (Å²) >= 11 is 1.56. The van der Waals surface area contributed by atoms with Gasteiger partial charge in [0.15, 0.2) is 0 Å². The van der Waals surface area contributed by atoms with Crippen LogP contribution in [-0.2, 0) is 0 Å². The van der Waals surface area contributed by atoms with E-state index in [-0.39, 0.29) is 0 Å².